The number of benzene rings is 1. The van der Waals surface area contributed by atoms with Crippen molar-refractivity contribution >= 4 is 23.2 Å². The van der Waals surface area contributed by atoms with Gasteiger partial charge in [0.1, 0.15) is 5.75 Å². The number of rotatable bonds is 5. The number of nitrogens with one attached hydrogen (secondary N) is 1. The Kier molecular flexibility index (Phi) is 5.12. The van der Waals surface area contributed by atoms with Crippen molar-refractivity contribution in [2.75, 3.05) is 5.32 Å². The van der Waals surface area contributed by atoms with Crippen LogP contribution in [0, 0.1) is 0 Å². The normalized spacial score (nSPS) is 17.0. The summed E-state index contributed by atoms with van der Waals surface area (Å²) in [5.41, 5.74) is 6.55. The first-order chi connectivity index (χ1) is 9.88. The maximum Gasteiger partial charge on any atom is 0.226 e. The highest BCUT2D eigenvalue weighted by Gasteiger charge is 2.31. The van der Waals surface area contributed by atoms with E-state index >= 15 is 0 Å². The van der Waals surface area contributed by atoms with Gasteiger partial charge in [0.05, 0.1) is 11.1 Å². The van der Waals surface area contributed by atoms with Crippen molar-refractivity contribution in [1.82, 2.24) is 0 Å². The van der Waals surface area contributed by atoms with Crippen LogP contribution in [0.1, 0.15) is 46.0 Å². The smallest absolute Gasteiger partial charge is 0.226 e. The lowest BCUT2D eigenvalue weighted by molar-refractivity contribution is -0.117. The Morgan fingerprint density at radius 3 is 2.67 bits per heavy atom. The van der Waals surface area contributed by atoms with E-state index < -0.39 is 0 Å². The number of hydrogen-bond acceptors (Lipinski definition) is 3. The van der Waals surface area contributed by atoms with Crippen molar-refractivity contribution in [2.24, 2.45) is 5.73 Å². The van der Waals surface area contributed by atoms with Crippen LogP contribution in [-0.4, -0.2) is 17.6 Å². The third-order valence-corrected chi connectivity index (χ3v) is 3.99. The lowest BCUT2D eigenvalue weighted by Gasteiger charge is -2.22. The van der Waals surface area contributed by atoms with E-state index in [0.29, 0.717) is 22.9 Å². The SMILES string of the molecule is CC(C)Oc1ccc(NC(=O)CC2(N)CCCC2)cc1Cl. The molecule has 1 aliphatic carbocycles. The third kappa shape index (κ3) is 4.61. The maximum absolute atomic E-state index is 12.1. The van der Waals surface area contributed by atoms with Crippen molar-refractivity contribution in [2.45, 2.75) is 57.6 Å². The number of halogens is 1. The zero-order valence-corrected chi connectivity index (χ0v) is 13.4. The van der Waals surface area contributed by atoms with Gasteiger partial charge in [-0.05, 0) is 44.9 Å². The van der Waals surface area contributed by atoms with E-state index in [0.717, 1.165) is 25.7 Å². The first-order valence-corrected chi connectivity index (χ1v) is 7.81. The molecule has 0 heterocycles. The molecule has 0 bridgehead atoms. The van der Waals surface area contributed by atoms with Crippen LogP contribution in [0.15, 0.2) is 18.2 Å². The van der Waals surface area contributed by atoms with Gasteiger partial charge in [-0.15, -0.1) is 0 Å². The summed E-state index contributed by atoms with van der Waals surface area (Å²) in [5, 5.41) is 3.35. The van der Waals surface area contributed by atoms with Crippen LogP contribution in [0.2, 0.25) is 5.02 Å². The minimum Gasteiger partial charge on any atom is -0.489 e. The topological polar surface area (TPSA) is 64.3 Å². The predicted octanol–water partition coefficient (Wildman–Crippen LogP) is 3.73. The lowest BCUT2D eigenvalue weighted by atomic mass is 9.94. The van der Waals surface area contributed by atoms with Crippen LogP contribution in [0.3, 0.4) is 0 Å². The highest BCUT2D eigenvalue weighted by molar-refractivity contribution is 6.32. The van der Waals surface area contributed by atoms with Gasteiger partial charge in [-0.3, -0.25) is 4.79 Å². The van der Waals surface area contributed by atoms with Crippen LogP contribution >= 0.6 is 11.6 Å². The molecule has 0 spiro atoms. The minimum atomic E-state index is -0.339. The molecule has 1 fully saturated rings. The molecule has 0 radical (unpaired) electrons. The van der Waals surface area contributed by atoms with Crippen molar-refractivity contribution in [3.05, 3.63) is 23.2 Å². The molecule has 0 saturated heterocycles. The van der Waals surface area contributed by atoms with E-state index in [9.17, 15) is 4.79 Å². The molecule has 0 aliphatic heterocycles. The molecule has 1 aromatic carbocycles. The zero-order chi connectivity index (χ0) is 15.5. The second-order valence-electron chi connectivity index (χ2n) is 6.11. The van der Waals surface area contributed by atoms with Gasteiger partial charge in [0.25, 0.3) is 0 Å². The van der Waals surface area contributed by atoms with E-state index in [4.69, 9.17) is 22.1 Å². The van der Waals surface area contributed by atoms with Crippen molar-refractivity contribution in [1.29, 1.82) is 0 Å². The highest BCUT2D eigenvalue weighted by atomic mass is 35.5. The van der Waals surface area contributed by atoms with E-state index in [1.54, 1.807) is 18.2 Å². The van der Waals surface area contributed by atoms with Gasteiger partial charge in [-0.25, -0.2) is 0 Å². The van der Waals surface area contributed by atoms with Crippen LogP contribution in [0.4, 0.5) is 5.69 Å². The lowest BCUT2D eigenvalue weighted by Crippen LogP contribution is -2.40. The predicted molar refractivity (Wildman–Crippen MR) is 85.8 cm³/mol. The fourth-order valence-corrected chi connectivity index (χ4v) is 2.93. The van der Waals surface area contributed by atoms with Gasteiger partial charge in [0.2, 0.25) is 5.91 Å². The first-order valence-electron chi connectivity index (χ1n) is 7.43. The minimum absolute atomic E-state index is 0.0578. The van der Waals surface area contributed by atoms with Gasteiger partial charge >= 0.3 is 0 Å². The molecule has 1 saturated carbocycles. The van der Waals surface area contributed by atoms with Gasteiger partial charge in [-0.1, -0.05) is 24.4 Å². The standard InChI is InChI=1S/C16H23ClN2O2/c1-11(2)21-14-6-5-12(9-13(14)17)19-15(20)10-16(18)7-3-4-8-16/h5-6,9,11H,3-4,7-8,10,18H2,1-2H3,(H,19,20). The first kappa shape index (κ1) is 16.1. The van der Waals surface area contributed by atoms with Crippen molar-refractivity contribution in [3.63, 3.8) is 0 Å². The molecule has 4 nitrogen and oxygen atoms in total. The Morgan fingerprint density at radius 2 is 2.10 bits per heavy atom. The maximum atomic E-state index is 12.1. The average Bonchev–Trinajstić information content (AvgIpc) is 2.78. The van der Waals surface area contributed by atoms with E-state index in [1.807, 2.05) is 13.8 Å². The van der Waals surface area contributed by atoms with Crippen LogP contribution < -0.4 is 15.8 Å². The third-order valence-electron chi connectivity index (χ3n) is 3.69. The summed E-state index contributed by atoms with van der Waals surface area (Å²) in [6, 6.07) is 5.26. The number of amides is 1. The Bertz CT molecular complexity index is 511. The van der Waals surface area contributed by atoms with E-state index in [-0.39, 0.29) is 17.6 Å². The molecule has 0 unspecified atom stereocenters. The van der Waals surface area contributed by atoms with Crippen molar-refractivity contribution in [3.8, 4) is 5.75 Å². The molecule has 2 rings (SSSR count). The number of carbonyl (C=O) groups excluding carboxylic acids is 1. The Balaban J connectivity index is 1.96. The molecular weight excluding hydrogens is 288 g/mol. The molecule has 3 N–H and O–H groups in total. The van der Waals surface area contributed by atoms with E-state index in [1.165, 1.54) is 0 Å². The Labute approximate surface area is 131 Å². The fraction of sp³-hybridized carbons (Fsp3) is 0.562. The second-order valence-corrected chi connectivity index (χ2v) is 6.51. The van der Waals surface area contributed by atoms with E-state index in [2.05, 4.69) is 5.32 Å². The number of hydrogen-bond donors (Lipinski definition) is 2. The Hall–Kier alpha value is -1.26. The molecule has 0 atom stereocenters. The zero-order valence-electron chi connectivity index (χ0n) is 12.6. The summed E-state index contributed by atoms with van der Waals surface area (Å²) in [5.74, 6) is 0.559. The summed E-state index contributed by atoms with van der Waals surface area (Å²) in [4.78, 5) is 12.1. The number of nitrogens with two attached hydrogens (primary N) is 1. The van der Waals surface area contributed by atoms with Gasteiger partial charge in [0, 0.05) is 17.6 Å². The average molecular weight is 311 g/mol. The highest BCUT2D eigenvalue weighted by Crippen LogP contribution is 2.31. The van der Waals surface area contributed by atoms with Crippen molar-refractivity contribution < 1.29 is 9.53 Å². The molecule has 1 aromatic rings. The quantitative estimate of drug-likeness (QED) is 0.871. The van der Waals surface area contributed by atoms with Crippen LogP contribution in [0.25, 0.3) is 0 Å². The van der Waals surface area contributed by atoms with Gasteiger partial charge < -0.3 is 15.8 Å². The van der Waals surface area contributed by atoms with Crippen LogP contribution in [-0.2, 0) is 4.79 Å². The molecule has 1 aliphatic rings. The van der Waals surface area contributed by atoms with Gasteiger partial charge in [-0.2, -0.15) is 0 Å². The molecule has 116 valence electrons. The van der Waals surface area contributed by atoms with Crippen LogP contribution in [0.5, 0.6) is 5.75 Å². The molecular formula is C16H23ClN2O2. The fourth-order valence-electron chi connectivity index (χ4n) is 2.71. The summed E-state index contributed by atoms with van der Waals surface area (Å²) >= 11 is 6.15. The number of ether oxygens (including phenoxy) is 1. The summed E-state index contributed by atoms with van der Waals surface area (Å²) in [7, 11) is 0. The summed E-state index contributed by atoms with van der Waals surface area (Å²) in [6.07, 6.45) is 4.47. The summed E-state index contributed by atoms with van der Waals surface area (Å²) in [6.45, 7) is 3.88. The monoisotopic (exact) mass is 310 g/mol. The van der Waals surface area contributed by atoms with Gasteiger partial charge in [0.15, 0.2) is 0 Å². The molecule has 1 amide bonds. The number of anilines is 1. The second kappa shape index (κ2) is 6.67. The molecule has 21 heavy (non-hydrogen) atoms. The number of carbonyl (C=O) groups is 1. The molecule has 0 aromatic heterocycles. The Morgan fingerprint density at radius 1 is 1.43 bits per heavy atom. The summed E-state index contributed by atoms with van der Waals surface area (Å²) < 4.78 is 5.56. The molecule has 5 heteroatoms. The largest absolute Gasteiger partial charge is 0.489 e.